The van der Waals surface area contributed by atoms with E-state index < -0.39 is 13.8 Å². The van der Waals surface area contributed by atoms with Gasteiger partial charge in [-0.3, -0.25) is 4.89 Å². The summed E-state index contributed by atoms with van der Waals surface area (Å²) in [5.74, 6) is -0.875. The molecule has 0 fully saturated rings. The van der Waals surface area contributed by atoms with Gasteiger partial charge in [-0.1, -0.05) is 75.5 Å². The molecule has 0 radical (unpaired) electrons. The van der Waals surface area contributed by atoms with E-state index in [9.17, 15) is 9.36 Å². The van der Waals surface area contributed by atoms with Crippen LogP contribution in [0, 0.1) is 0 Å². The first-order valence-electron chi connectivity index (χ1n) is 8.49. The summed E-state index contributed by atoms with van der Waals surface area (Å²) in [5.41, 5.74) is 0.286. The second-order valence-corrected chi connectivity index (χ2v) is 6.92. The summed E-state index contributed by atoms with van der Waals surface area (Å²) in [4.78, 5) is 32.2. The standard InChI is InChI=1S/C16H31O6P/c1-3-4-5-6-7-8-9-10-11-12-13-14-15(2)16(17)21-22-23(18,19)20/h14H,3-13H2,1-2H3,(H2,18,19,20)/b15-14+. The minimum absolute atomic E-state index is 0.286. The number of carbonyl (C=O) groups excluding carboxylic acids is 1. The van der Waals surface area contributed by atoms with E-state index in [4.69, 9.17) is 9.79 Å². The number of phosphoric acid groups is 1. The fourth-order valence-corrected chi connectivity index (χ4v) is 2.35. The van der Waals surface area contributed by atoms with Crippen LogP contribution in [0.1, 0.15) is 84.5 Å². The molecule has 0 heterocycles. The monoisotopic (exact) mass is 350 g/mol. The van der Waals surface area contributed by atoms with Gasteiger partial charge in [0.1, 0.15) is 0 Å². The highest BCUT2D eigenvalue weighted by Gasteiger charge is 2.19. The van der Waals surface area contributed by atoms with Crippen LogP contribution in [0.3, 0.4) is 0 Å². The van der Waals surface area contributed by atoms with Gasteiger partial charge < -0.3 is 9.79 Å². The van der Waals surface area contributed by atoms with E-state index >= 15 is 0 Å². The van der Waals surface area contributed by atoms with Gasteiger partial charge >= 0.3 is 13.8 Å². The van der Waals surface area contributed by atoms with Gasteiger partial charge in [-0.05, 0) is 19.8 Å². The van der Waals surface area contributed by atoms with Crippen LogP contribution >= 0.6 is 7.82 Å². The Morgan fingerprint density at radius 2 is 1.43 bits per heavy atom. The van der Waals surface area contributed by atoms with Crippen molar-refractivity contribution in [2.24, 2.45) is 0 Å². The maximum absolute atomic E-state index is 11.3. The predicted octanol–water partition coefficient (Wildman–Crippen LogP) is 4.81. The first-order chi connectivity index (χ1) is 10.9. The molecule has 0 atom stereocenters. The van der Waals surface area contributed by atoms with Crippen LogP contribution in [0.25, 0.3) is 0 Å². The number of carbonyl (C=O) groups is 1. The van der Waals surface area contributed by atoms with Crippen molar-refractivity contribution in [3.05, 3.63) is 11.6 Å². The summed E-state index contributed by atoms with van der Waals surface area (Å²) in [6.07, 6.45) is 14.9. The average molecular weight is 350 g/mol. The number of allylic oxidation sites excluding steroid dienone is 1. The number of hydrogen-bond acceptors (Lipinski definition) is 4. The van der Waals surface area contributed by atoms with Crippen molar-refractivity contribution in [3.8, 4) is 0 Å². The zero-order chi connectivity index (χ0) is 17.6. The molecule has 0 aromatic heterocycles. The van der Waals surface area contributed by atoms with E-state index in [-0.39, 0.29) is 5.57 Å². The van der Waals surface area contributed by atoms with Gasteiger partial charge in [0.25, 0.3) is 0 Å². The topological polar surface area (TPSA) is 93.1 Å². The minimum atomic E-state index is -4.79. The summed E-state index contributed by atoms with van der Waals surface area (Å²) in [7, 11) is -4.79. The molecule has 0 saturated heterocycles. The fraction of sp³-hybridized carbons (Fsp3) is 0.812. The van der Waals surface area contributed by atoms with Crippen molar-refractivity contribution in [1.29, 1.82) is 0 Å². The molecule has 23 heavy (non-hydrogen) atoms. The van der Waals surface area contributed by atoms with Gasteiger partial charge in [-0.15, -0.1) is 0 Å². The van der Waals surface area contributed by atoms with E-state index in [0.717, 1.165) is 19.3 Å². The molecule has 6 nitrogen and oxygen atoms in total. The minimum Gasteiger partial charge on any atom is -0.301 e. The molecule has 0 rings (SSSR count). The van der Waals surface area contributed by atoms with Crippen molar-refractivity contribution < 1.29 is 28.7 Å². The Labute approximate surface area is 139 Å². The second kappa shape index (κ2) is 13.7. The average Bonchev–Trinajstić information content (AvgIpc) is 2.49. The summed E-state index contributed by atoms with van der Waals surface area (Å²) < 4.78 is 14.1. The van der Waals surface area contributed by atoms with E-state index in [2.05, 4.69) is 16.5 Å². The van der Waals surface area contributed by atoms with Crippen molar-refractivity contribution in [1.82, 2.24) is 0 Å². The van der Waals surface area contributed by atoms with Crippen molar-refractivity contribution in [3.63, 3.8) is 0 Å². The SMILES string of the molecule is CCCCCCCCCCCC/C=C(\C)C(=O)OOP(=O)(O)O. The van der Waals surface area contributed by atoms with E-state index in [1.165, 1.54) is 58.3 Å². The van der Waals surface area contributed by atoms with Crippen molar-refractivity contribution >= 4 is 13.8 Å². The molecule has 0 aliphatic heterocycles. The maximum atomic E-state index is 11.3. The highest BCUT2D eigenvalue weighted by atomic mass is 31.2. The maximum Gasteiger partial charge on any atom is 0.505 e. The first-order valence-corrected chi connectivity index (χ1v) is 10.0. The smallest absolute Gasteiger partial charge is 0.301 e. The third-order valence-corrected chi connectivity index (χ3v) is 3.81. The number of hydrogen-bond donors (Lipinski definition) is 2. The van der Waals surface area contributed by atoms with Crippen molar-refractivity contribution in [2.45, 2.75) is 84.5 Å². The van der Waals surface area contributed by atoms with Crippen LogP contribution in [0.2, 0.25) is 0 Å². The largest absolute Gasteiger partial charge is 0.505 e. The van der Waals surface area contributed by atoms with Crippen LogP contribution in [-0.2, 0) is 18.9 Å². The Balaban J connectivity index is 3.54. The molecule has 0 aromatic carbocycles. The van der Waals surface area contributed by atoms with Gasteiger partial charge in [0, 0.05) is 5.57 Å². The molecule has 0 amide bonds. The lowest BCUT2D eigenvalue weighted by Gasteiger charge is -2.04. The molecule has 0 spiro atoms. The Morgan fingerprint density at radius 1 is 0.957 bits per heavy atom. The van der Waals surface area contributed by atoms with Crippen LogP contribution in [-0.4, -0.2) is 15.8 Å². The fourth-order valence-electron chi connectivity index (χ4n) is 2.18. The van der Waals surface area contributed by atoms with Crippen molar-refractivity contribution in [2.75, 3.05) is 0 Å². The summed E-state index contributed by atoms with van der Waals surface area (Å²) in [5, 5.41) is 0. The van der Waals surface area contributed by atoms with E-state index in [1.54, 1.807) is 6.08 Å². The molecular weight excluding hydrogens is 319 g/mol. The highest BCUT2D eigenvalue weighted by Crippen LogP contribution is 2.36. The summed E-state index contributed by atoms with van der Waals surface area (Å²) in [6, 6.07) is 0. The third kappa shape index (κ3) is 16.0. The first kappa shape index (κ1) is 22.3. The van der Waals surface area contributed by atoms with Gasteiger partial charge in [0.15, 0.2) is 0 Å². The second-order valence-electron chi connectivity index (χ2n) is 5.79. The lowest BCUT2D eigenvalue weighted by molar-refractivity contribution is -0.217. The molecule has 0 aliphatic rings. The Morgan fingerprint density at radius 3 is 1.91 bits per heavy atom. The Kier molecular flexibility index (Phi) is 13.3. The normalized spacial score (nSPS) is 12.4. The molecule has 7 heteroatoms. The molecule has 0 aliphatic carbocycles. The lowest BCUT2D eigenvalue weighted by Crippen LogP contribution is -2.05. The molecular formula is C16H31O6P. The molecule has 0 saturated carbocycles. The quantitative estimate of drug-likeness (QED) is 0.153. The van der Waals surface area contributed by atoms with Crippen LogP contribution in [0.15, 0.2) is 11.6 Å². The van der Waals surface area contributed by atoms with Gasteiger partial charge in [0.05, 0.1) is 0 Å². The van der Waals surface area contributed by atoms with Gasteiger partial charge in [-0.25, -0.2) is 9.36 Å². The summed E-state index contributed by atoms with van der Waals surface area (Å²) >= 11 is 0. The summed E-state index contributed by atoms with van der Waals surface area (Å²) in [6.45, 7) is 3.75. The Bertz CT molecular complexity index is 388. The zero-order valence-corrected chi connectivity index (χ0v) is 15.2. The number of rotatable bonds is 14. The van der Waals surface area contributed by atoms with Gasteiger partial charge in [0.2, 0.25) is 0 Å². The molecule has 0 aromatic rings. The molecule has 2 N–H and O–H groups in total. The van der Waals surface area contributed by atoms with Gasteiger partial charge in [-0.2, -0.15) is 0 Å². The van der Waals surface area contributed by atoms with E-state index in [1.807, 2.05) is 0 Å². The number of unbranched alkanes of at least 4 members (excludes halogenated alkanes) is 10. The van der Waals surface area contributed by atoms with E-state index in [0.29, 0.717) is 0 Å². The van der Waals surface area contributed by atoms with Crippen LogP contribution < -0.4 is 0 Å². The Hall–Kier alpha value is -0.680. The predicted molar refractivity (Wildman–Crippen MR) is 89.4 cm³/mol. The zero-order valence-electron chi connectivity index (χ0n) is 14.3. The molecule has 0 unspecified atom stereocenters. The van der Waals surface area contributed by atoms with Crippen LogP contribution in [0.5, 0.6) is 0 Å². The lowest BCUT2D eigenvalue weighted by atomic mass is 10.1. The third-order valence-electron chi connectivity index (χ3n) is 3.54. The highest BCUT2D eigenvalue weighted by molar-refractivity contribution is 7.46. The molecule has 136 valence electrons. The van der Waals surface area contributed by atoms with Crippen LogP contribution in [0.4, 0.5) is 0 Å². The molecule has 0 bridgehead atoms.